The summed E-state index contributed by atoms with van der Waals surface area (Å²) >= 11 is 0. The lowest BCUT2D eigenvalue weighted by molar-refractivity contribution is -0.149. The van der Waals surface area contributed by atoms with Crippen molar-refractivity contribution in [2.24, 2.45) is 0 Å². The molecule has 0 spiro atoms. The van der Waals surface area contributed by atoms with Crippen LogP contribution in [-0.4, -0.2) is 48.4 Å². The number of nitrogens with zero attached hydrogens (tertiary/aromatic N) is 4. The molecule has 3 aliphatic rings. The Bertz CT molecular complexity index is 1450. The van der Waals surface area contributed by atoms with E-state index in [0.29, 0.717) is 36.1 Å². The Morgan fingerprint density at radius 3 is 2.32 bits per heavy atom. The standard InChI is InChI=1S/C31H36N6O4/c1-19-6-5-7-26(33-19)29(39)32-17-23-18-37(36-35-23)28-24(21-8-9-21)14-20(15-25(28)22-10-11-22)16-27(38)34-31(30(40)41)12-3-2-4-13-31/h5-7,14-15,18,21-22H,2-4,8-13,16-17H2,1H3,(H,32,39)(H,34,38)(H,40,41). The smallest absolute Gasteiger partial charge is 0.329 e. The Morgan fingerprint density at radius 2 is 1.71 bits per heavy atom. The molecule has 0 radical (unpaired) electrons. The molecule has 10 nitrogen and oxygen atoms in total. The third-order valence-corrected chi connectivity index (χ3v) is 8.44. The minimum Gasteiger partial charge on any atom is -0.480 e. The van der Waals surface area contributed by atoms with Crippen LogP contribution in [0, 0.1) is 6.92 Å². The molecular weight excluding hydrogens is 520 g/mol. The van der Waals surface area contributed by atoms with Crippen LogP contribution in [0.15, 0.2) is 36.5 Å². The van der Waals surface area contributed by atoms with Crippen LogP contribution in [-0.2, 0) is 22.6 Å². The number of carbonyl (C=O) groups excluding carboxylic acids is 2. The van der Waals surface area contributed by atoms with Crippen LogP contribution in [0.1, 0.15) is 108 Å². The number of carboxylic acid groups (broad SMARTS) is 1. The lowest BCUT2D eigenvalue weighted by Crippen LogP contribution is -2.56. The van der Waals surface area contributed by atoms with Crippen LogP contribution in [0.5, 0.6) is 0 Å². The van der Waals surface area contributed by atoms with Crippen LogP contribution < -0.4 is 10.6 Å². The molecule has 41 heavy (non-hydrogen) atoms. The van der Waals surface area contributed by atoms with Gasteiger partial charge in [-0.2, -0.15) is 0 Å². The summed E-state index contributed by atoms with van der Waals surface area (Å²) < 4.78 is 1.82. The fraction of sp³-hybridized carbons (Fsp3) is 0.484. The van der Waals surface area contributed by atoms with Gasteiger partial charge in [-0.05, 0) is 86.1 Å². The minimum absolute atomic E-state index is 0.149. The highest BCUT2D eigenvalue weighted by molar-refractivity contribution is 5.92. The second-order valence-corrected chi connectivity index (χ2v) is 11.8. The van der Waals surface area contributed by atoms with Gasteiger partial charge in [-0.25, -0.2) is 14.5 Å². The van der Waals surface area contributed by atoms with Crippen molar-refractivity contribution in [2.45, 2.75) is 95.1 Å². The van der Waals surface area contributed by atoms with Crippen LogP contribution in [0.4, 0.5) is 0 Å². The van der Waals surface area contributed by atoms with Gasteiger partial charge < -0.3 is 15.7 Å². The van der Waals surface area contributed by atoms with Crippen molar-refractivity contribution in [2.75, 3.05) is 0 Å². The van der Waals surface area contributed by atoms with Crippen LogP contribution in [0.2, 0.25) is 0 Å². The van der Waals surface area contributed by atoms with Crippen LogP contribution in [0.25, 0.3) is 5.69 Å². The number of aromatic nitrogens is 4. The fourth-order valence-electron chi connectivity index (χ4n) is 5.99. The number of hydrogen-bond donors (Lipinski definition) is 3. The summed E-state index contributed by atoms with van der Waals surface area (Å²) in [6.07, 6.45) is 9.91. The number of amides is 2. The number of carboxylic acids is 1. The molecule has 1 aromatic carbocycles. The number of pyridine rings is 1. The maximum Gasteiger partial charge on any atom is 0.329 e. The molecule has 2 aromatic heterocycles. The summed E-state index contributed by atoms with van der Waals surface area (Å²) in [5.41, 5.74) is 4.88. The average Bonchev–Trinajstić information content (AvgIpc) is 3.90. The molecule has 2 amide bonds. The Morgan fingerprint density at radius 1 is 1.02 bits per heavy atom. The third kappa shape index (κ3) is 6.01. The molecule has 2 heterocycles. The largest absolute Gasteiger partial charge is 0.480 e. The van der Waals surface area contributed by atoms with Gasteiger partial charge >= 0.3 is 5.97 Å². The fourth-order valence-corrected chi connectivity index (χ4v) is 5.99. The van der Waals surface area contributed by atoms with Crippen molar-refractivity contribution in [1.29, 1.82) is 0 Å². The monoisotopic (exact) mass is 556 g/mol. The van der Waals surface area contributed by atoms with E-state index in [4.69, 9.17) is 0 Å². The van der Waals surface area contributed by atoms with Gasteiger partial charge in [0.1, 0.15) is 16.9 Å². The highest BCUT2D eigenvalue weighted by Gasteiger charge is 2.41. The van der Waals surface area contributed by atoms with E-state index in [0.717, 1.165) is 73.0 Å². The van der Waals surface area contributed by atoms with E-state index in [9.17, 15) is 19.5 Å². The number of rotatable bonds is 10. The van der Waals surface area contributed by atoms with Gasteiger partial charge in [0.05, 0.1) is 24.8 Å². The predicted octanol–water partition coefficient (Wildman–Crippen LogP) is 4.10. The van der Waals surface area contributed by atoms with Gasteiger partial charge in [0.2, 0.25) is 5.91 Å². The first-order valence-electron chi connectivity index (χ1n) is 14.7. The number of nitrogens with one attached hydrogen (secondary N) is 2. The van der Waals surface area contributed by atoms with Gasteiger partial charge in [0.25, 0.3) is 5.91 Å². The summed E-state index contributed by atoms with van der Waals surface area (Å²) in [6, 6.07) is 9.53. The van der Waals surface area contributed by atoms with Crippen molar-refractivity contribution < 1.29 is 19.5 Å². The molecule has 3 aliphatic carbocycles. The van der Waals surface area contributed by atoms with Crippen molar-refractivity contribution in [1.82, 2.24) is 30.6 Å². The molecule has 6 rings (SSSR count). The zero-order valence-electron chi connectivity index (χ0n) is 23.4. The first kappa shape index (κ1) is 27.1. The van der Waals surface area contributed by atoms with E-state index in [1.807, 2.05) is 23.9 Å². The second kappa shape index (κ2) is 11.1. The van der Waals surface area contributed by atoms with Crippen molar-refractivity contribution in [3.8, 4) is 5.69 Å². The summed E-state index contributed by atoms with van der Waals surface area (Å²) in [7, 11) is 0. The molecular formula is C31H36N6O4. The zero-order valence-corrected chi connectivity index (χ0v) is 23.4. The molecule has 3 N–H and O–H groups in total. The SMILES string of the molecule is Cc1cccc(C(=O)NCc2cn(-c3c(C4CC4)cc(CC(=O)NC4(C(=O)O)CCCCC4)cc3C3CC3)nn2)n1. The van der Waals surface area contributed by atoms with E-state index in [2.05, 4.69) is 38.1 Å². The maximum atomic E-state index is 13.1. The third-order valence-electron chi connectivity index (χ3n) is 8.44. The number of hydrogen-bond acceptors (Lipinski definition) is 6. The van der Waals surface area contributed by atoms with Crippen LogP contribution >= 0.6 is 0 Å². The number of aryl methyl sites for hydroxylation is 1. The zero-order chi connectivity index (χ0) is 28.6. The van der Waals surface area contributed by atoms with E-state index in [1.54, 1.807) is 12.1 Å². The van der Waals surface area contributed by atoms with E-state index >= 15 is 0 Å². The van der Waals surface area contributed by atoms with Crippen molar-refractivity contribution in [3.05, 3.63) is 70.3 Å². The summed E-state index contributed by atoms with van der Waals surface area (Å²) in [4.78, 5) is 42.1. The molecule has 0 saturated heterocycles. The molecule has 3 fully saturated rings. The minimum atomic E-state index is -1.16. The molecule has 0 atom stereocenters. The van der Waals surface area contributed by atoms with Crippen LogP contribution in [0.3, 0.4) is 0 Å². The Kier molecular flexibility index (Phi) is 7.32. The molecule has 3 saturated carbocycles. The molecule has 0 unspecified atom stereocenters. The molecule has 10 heteroatoms. The lowest BCUT2D eigenvalue weighted by Gasteiger charge is -2.34. The quantitative estimate of drug-likeness (QED) is 0.342. The Hall–Kier alpha value is -4.08. The van der Waals surface area contributed by atoms with E-state index in [1.165, 1.54) is 0 Å². The maximum absolute atomic E-state index is 13.1. The number of benzene rings is 1. The number of carbonyl (C=O) groups is 3. The van der Waals surface area contributed by atoms with Crippen molar-refractivity contribution >= 4 is 17.8 Å². The highest BCUT2D eigenvalue weighted by Crippen LogP contribution is 2.49. The molecule has 3 aromatic rings. The van der Waals surface area contributed by atoms with Crippen molar-refractivity contribution in [3.63, 3.8) is 0 Å². The van der Waals surface area contributed by atoms with Gasteiger partial charge in [0, 0.05) is 5.69 Å². The normalized spacial score (nSPS) is 18.1. The average molecular weight is 557 g/mol. The first-order chi connectivity index (χ1) is 19.8. The molecule has 214 valence electrons. The predicted molar refractivity (Wildman–Crippen MR) is 151 cm³/mol. The lowest BCUT2D eigenvalue weighted by atomic mass is 9.81. The van der Waals surface area contributed by atoms with Gasteiger partial charge in [-0.1, -0.05) is 42.7 Å². The Balaban J connectivity index is 1.22. The van der Waals surface area contributed by atoms with Gasteiger partial charge in [-0.3, -0.25) is 9.59 Å². The van der Waals surface area contributed by atoms with E-state index in [-0.39, 0.29) is 24.8 Å². The summed E-state index contributed by atoms with van der Waals surface area (Å²) in [6.45, 7) is 2.08. The topological polar surface area (TPSA) is 139 Å². The molecule has 0 bridgehead atoms. The highest BCUT2D eigenvalue weighted by atomic mass is 16.4. The number of aliphatic carboxylic acids is 1. The summed E-state index contributed by atoms with van der Waals surface area (Å²) in [5, 5.41) is 24.4. The van der Waals surface area contributed by atoms with E-state index < -0.39 is 11.5 Å². The molecule has 0 aliphatic heterocycles. The van der Waals surface area contributed by atoms with Gasteiger partial charge in [-0.15, -0.1) is 5.10 Å². The second-order valence-electron chi connectivity index (χ2n) is 11.8. The first-order valence-corrected chi connectivity index (χ1v) is 14.7. The summed E-state index contributed by atoms with van der Waals surface area (Å²) in [5.74, 6) is -0.650. The Labute approximate surface area is 238 Å². The van der Waals surface area contributed by atoms with Gasteiger partial charge in [0.15, 0.2) is 0 Å².